The van der Waals surface area contributed by atoms with Gasteiger partial charge in [-0.25, -0.2) is 4.98 Å². The predicted molar refractivity (Wildman–Crippen MR) is 68.5 cm³/mol. The minimum Gasteiger partial charge on any atom is -0.446 e. The molecule has 1 unspecified atom stereocenters. The van der Waals surface area contributed by atoms with E-state index < -0.39 is 0 Å². The molecule has 0 spiro atoms. The number of oxazole rings is 1. The third kappa shape index (κ3) is 3.56. The highest BCUT2D eigenvalue weighted by Gasteiger charge is 2.20. The lowest BCUT2D eigenvalue weighted by molar-refractivity contribution is 0.103. The average molecular weight is 250 g/mol. The molecule has 1 aromatic heterocycles. The number of rotatable bonds is 7. The average Bonchev–Trinajstić information content (AvgIpc) is 2.90. The van der Waals surface area contributed by atoms with Crippen LogP contribution >= 0.6 is 0 Å². The van der Waals surface area contributed by atoms with Gasteiger partial charge in [0.25, 0.3) is 0 Å². The van der Waals surface area contributed by atoms with E-state index in [2.05, 4.69) is 10.3 Å². The Morgan fingerprint density at radius 1 is 1.28 bits per heavy atom. The van der Waals surface area contributed by atoms with Gasteiger partial charge in [0.2, 0.25) is 0 Å². The topological polar surface area (TPSA) is 47.3 Å². The van der Waals surface area contributed by atoms with E-state index in [1.54, 1.807) is 0 Å². The number of nitrogens with one attached hydrogen (secondary N) is 1. The van der Waals surface area contributed by atoms with E-state index in [4.69, 9.17) is 9.15 Å². The van der Waals surface area contributed by atoms with Crippen LogP contribution in [0.2, 0.25) is 0 Å². The monoisotopic (exact) mass is 250 g/mol. The second-order valence-corrected chi connectivity index (χ2v) is 5.37. The fourth-order valence-corrected chi connectivity index (χ4v) is 2.43. The molecule has 2 heterocycles. The van der Waals surface area contributed by atoms with Crippen molar-refractivity contribution in [3.63, 3.8) is 0 Å². The Balaban J connectivity index is 1.37. The second-order valence-electron chi connectivity index (χ2n) is 5.37. The van der Waals surface area contributed by atoms with Crippen molar-refractivity contribution in [2.75, 3.05) is 13.2 Å². The van der Waals surface area contributed by atoms with Crippen LogP contribution in [0.3, 0.4) is 0 Å². The minimum absolute atomic E-state index is 0.440. The first-order valence-corrected chi connectivity index (χ1v) is 7.19. The van der Waals surface area contributed by atoms with E-state index in [1.165, 1.54) is 25.7 Å². The van der Waals surface area contributed by atoms with Gasteiger partial charge in [-0.2, -0.15) is 0 Å². The van der Waals surface area contributed by atoms with Crippen molar-refractivity contribution in [1.29, 1.82) is 0 Å². The van der Waals surface area contributed by atoms with E-state index in [9.17, 15) is 0 Å². The number of ether oxygens (including phenoxy) is 1. The summed E-state index contributed by atoms with van der Waals surface area (Å²) in [7, 11) is 0. The molecule has 18 heavy (non-hydrogen) atoms. The van der Waals surface area contributed by atoms with Gasteiger partial charge in [0.05, 0.1) is 12.3 Å². The maximum atomic E-state index is 5.74. The Morgan fingerprint density at radius 3 is 3.00 bits per heavy atom. The molecule has 100 valence electrons. The first-order valence-electron chi connectivity index (χ1n) is 7.19. The van der Waals surface area contributed by atoms with E-state index in [0.29, 0.717) is 6.10 Å². The smallest absolute Gasteiger partial charge is 0.195 e. The molecule has 4 heteroatoms. The summed E-state index contributed by atoms with van der Waals surface area (Å²) in [6, 6.07) is 0.763. The molecule has 1 saturated heterocycles. The number of aromatic nitrogens is 1. The lowest BCUT2D eigenvalue weighted by Crippen LogP contribution is -2.19. The predicted octanol–water partition coefficient (Wildman–Crippen LogP) is 2.08. The van der Waals surface area contributed by atoms with E-state index >= 15 is 0 Å². The third-order valence-corrected chi connectivity index (χ3v) is 3.69. The molecule has 1 aliphatic carbocycles. The molecular weight excluding hydrogens is 228 g/mol. The molecule has 2 fully saturated rings. The van der Waals surface area contributed by atoms with Crippen molar-refractivity contribution < 1.29 is 9.15 Å². The zero-order chi connectivity index (χ0) is 12.2. The maximum Gasteiger partial charge on any atom is 0.195 e. The van der Waals surface area contributed by atoms with Crippen LogP contribution in [-0.4, -0.2) is 30.3 Å². The quantitative estimate of drug-likeness (QED) is 0.805. The van der Waals surface area contributed by atoms with Gasteiger partial charge in [-0.15, -0.1) is 0 Å². The van der Waals surface area contributed by atoms with Crippen molar-refractivity contribution in [1.82, 2.24) is 10.3 Å². The van der Waals surface area contributed by atoms with Crippen molar-refractivity contribution >= 4 is 0 Å². The Bertz CT molecular complexity index is 368. The standard InChI is InChI=1S/C14H22N2O2/c1-2-12(17-9-1)5-6-13-10-16-14(18-13)7-8-15-11-3-4-11/h10-12,15H,1-9H2. The van der Waals surface area contributed by atoms with Gasteiger partial charge < -0.3 is 14.5 Å². The summed E-state index contributed by atoms with van der Waals surface area (Å²) < 4.78 is 11.3. The van der Waals surface area contributed by atoms with Gasteiger partial charge in [0.1, 0.15) is 5.76 Å². The number of hydrogen-bond acceptors (Lipinski definition) is 4. The SMILES string of the molecule is c1nc(CCNC2CC2)oc1CCC1CCCO1. The maximum absolute atomic E-state index is 5.74. The van der Waals surface area contributed by atoms with Crippen LogP contribution in [0.15, 0.2) is 10.6 Å². The highest BCUT2D eigenvalue weighted by Crippen LogP contribution is 2.19. The molecule has 0 aromatic carbocycles. The molecule has 1 aromatic rings. The van der Waals surface area contributed by atoms with Crippen LogP contribution in [0, 0.1) is 0 Å². The molecule has 1 aliphatic heterocycles. The molecule has 0 amide bonds. The summed E-state index contributed by atoms with van der Waals surface area (Å²) >= 11 is 0. The Kier molecular flexibility index (Phi) is 3.96. The summed E-state index contributed by atoms with van der Waals surface area (Å²) in [6.07, 6.45) is 10.3. The fraction of sp³-hybridized carbons (Fsp3) is 0.786. The molecular formula is C14H22N2O2. The molecule has 0 radical (unpaired) electrons. The molecule has 4 nitrogen and oxygen atoms in total. The number of aryl methyl sites for hydroxylation is 1. The Hall–Kier alpha value is -0.870. The van der Waals surface area contributed by atoms with Crippen molar-refractivity contribution in [3.05, 3.63) is 17.8 Å². The highest BCUT2D eigenvalue weighted by molar-refractivity contribution is 4.96. The summed E-state index contributed by atoms with van der Waals surface area (Å²) in [5, 5.41) is 3.47. The molecule has 1 atom stereocenters. The first-order chi connectivity index (χ1) is 8.90. The molecule has 1 saturated carbocycles. The summed E-state index contributed by atoms with van der Waals surface area (Å²) in [5.41, 5.74) is 0. The summed E-state index contributed by atoms with van der Waals surface area (Å²) in [4.78, 5) is 4.33. The zero-order valence-corrected chi connectivity index (χ0v) is 10.9. The summed E-state index contributed by atoms with van der Waals surface area (Å²) in [6.45, 7) is 1.91. The van der Waals surface area contributed by atoms with Crippen LogP contribution < -0.4 is 5.32 Å². The zero-order valence-electron chi connectivity index (χ0n) is 10.9. The van der Waals surface area contributed by atoms with E-state index in [1.807, 2.05) is 6.20 Å². The van der Waals surface area contributed by atoms with Gasteiger partial charge in [-0.3, -0.25) is 0 Å². The van der Waals surface area contributed by atoms with Gasteiger partial charge in [0.15, 0.2) is 5.89 Å². The van der Waals surface area contributed by atoms with Crippen LogP contribution in [0.4, 0.5) is 0 Å². The van der Waals surface area contributed by atoms with Crippen molar-refractivity contribution in [2.24, 2.45) is 0 Å². The van der Waals surface area contributed by atoms with E-state index in [-0.39, 0.29) is 0 Å². The fourth-order valence-electron chi connectivity index (χ4n) is 2.43. The normalized spacial score (nSPS) is 23.7. The molecule has 3 rings (SSSR count). The molecule has 2 aliphatic rings. The summed E-state index contributed by atoms with van der Waals surface area (Å²) in [5.74, 6) is 1.87. The highest BCUT2D eigenvalue weighted by atomic mass is 16.5. The molecule has 0 bridgehead atoms. The van der Waals surface area contributed by atoms with E-state index in [0.717, 1.165) is 50.1 Å². The number of hydrogen-bond donors (Lipinski definition) is 1. The lowest BCUT2D eigenvalue weighted by atomic mass is 10.1. The van der Waals surface area contributed by atoms with Crippen molar-refractivity contribution in [3.8, 4) is 0 Å². The van der Waals surface area contributed by atoms with Gasteiger partial charge in [0, 0.05) is 32.0 Å². The largest absolute Gasteiger partial charge is 0.446 e. The third-order valence-electron chi connectivity index (χ3n) is 3.69. The Morgan fingerprint density at radius 2 is 2.22 bits per heavy atom. The van der Waals surface area contributed by atoms with Gasteiger partial charge in [-0.1, -0.05) is 0 Å². The molecule has 1 N–H and O–H groups in total. The van der Waals surface area contributed by atoms with Crippen LogP contribution in [-0.2, 0) is 17.6 Å². The van der Waals surface area contributed by atoms with Gasteiger partial charge in [-0.05, 0) is 32.1 Å². The number of nitrogens with zero attached hydrogens (tertiary/aromatic N) is 1. The lowest BCUT2D eigenvalue weighted by Gasteiger charge is -2.06. The van der Waals surface area contributed by atoms with Crippen molar-refractivity contribution in [2.45, 2.75) is 57.1 Å². The minimum atomic E-state index is 0.440. The van der Waals surface area contributed by atoms with Crippen LogP contribution in [0.1, 0.15) is 43.8 Å². The van der Waals surface area contributed by atoms with Crippen LogP contribution in [0.5, 0.6) is 0 Å². The first kappa shape index (κ1) is 12.2. The Labute approximate surface area is 108 Å². The second kappa shape index (κ2) is 5.85. The van der Waals surface area contributed by atoms with Crippen LogP contribution in [0.25, 0.3) is 0 Å². The van der Waals surface area contributed by atoms with Gasteiger partial charge >= 0.3 is 0 Å².